The molecule has 2 atom stereocenters. The van der Waals surface area contributed by atoms with Crippen molar-refractivity contribution in [1.29, 1.82) is 0 Å². The molecule has 7 nitrogen and oxygen atoms in total. The second-order valence-electron chi connectivity index (χ2n) is 7.75. The minimum Gasteiger partial charge on any atom is -0.390 e. The smallest absolute Gasteiger partial charge is 0.253 e. The Morgan fingerprint density at radius 1 is 1.00 bits per heavy atom. The maximum atomic E-state index is 12.7. The van der Waals surface area contributed by atoms with Crippen molar-refractivity contribution < 1.29 is 14.7 Å². The van der Waals surface area contributed by atoms with Gasteiger partial charge in [-0.15, -0.1) is 0 Å². The SMILES string of the molecule is CN1CCN(C(=O)c2ccc(C(=O)N[C@@H](Cc3ccccc3)[C@H](O)CN)cc2)CC1. The van der Waals surface area contributed by atoms with E-state index in [0.29, 0.717) is 30.6 Å². The van der Waals surface area contributed by atoms with Gasteiger partial charge < -0.3 is 26.0 Å². The van der Waals surface area contributed by atoms with Crippen LogP contribution in [-0.4, -0.2) is 78.6 Å². The predicted octanol–water partition coefficient (Wildman–Crippen LogP) is 0.735. The Kier molecular flexibility index (Phi) is 7.57. The molecule has 160 valence electrons. The van der Waals surface area contributed by atoms with Crippen molar-refractivity contribution >= 4 is 11.8 Å². The Labute approximate surface area is 177 Å². The topological polar surface area (TPSA) is 98.9 Å². The van der Waals surface area contributed by atoms with Gasteiger partial charge in [0.25, 0.3) is 11.8 Å². The van der Waals surface area contributed by atoms with Crippen LogP contribution in [0.25, 0.3) is 0 Å². The van der Waals surface area contributed by atoms with Gasteiger partial charge in [-0.05, 0) is 43.3 Å². The molecule has 1 saturated heterocycles. The average molecular weight is 411 g/mol. The van der Waals surface area contributed by atoms with Crippen LogP contribution in [0, 0.1) is 0 Å². The van der Waals surface area contributed by atoms with Gasteiger partial charge in [0.2, 0.25) is 0 Å². The molecule has 3 rings (SSSR count). The van der Waals surface area contributed by atoms with E-state index in [1.807, 2.05) is 42.3 Å². The molecule has 0 bridgehead atoms. The van der Waals surface area contributed by atoms with Crippen molar-refractivity contribution in [1.82, 2.24) is 15.1 Å². The molecule has 30 heavy (non-hydrogen) atoms. The lowest BCUT2D eigenvalue weighted by molar-refractivity contribution is 0.0663. The summed E-state index contributed by atoms with van der Waals surface area (Å²) in [4.78, 5) is 29.4. The molecule has 0 aliphatic carbocycles. The summed E-state index contributed by atoms with van der Waals surface area (Å²) in [5, 5.41) is 13.1. The molecular weight excluding hydrogens is 380 g/mol. The third-order valence-corrected chi connectivity index (χ3v) is 5.51. The molecule has 0 radical (unpaired) electrons. The Hall–Kier alpha value is -2.74. The Bertz CT molecular complexity index is 833. The molecule has 7 heteroatoms. The number of carbonyl (C=O) groups is 2. The summed E-state index contributed by atoms with van der Waals surface area (Å²) in [5.74, 6) is -0.322. The van der Waals surface area contributed by atoms with Gasteiger partial charge >= 0.3 is 0 Å². The summed E-state index contributed by atoms with van der Waals surface area (Å²) in [6.45, 7) is 3.18. The number of aliphatic hydroxyl groups is 1. The summed E-state index contributed by atoms with van der Waals surface area (Å²) >= 11 is 0. The molecule has 1 aliphatic heterocycles. The second kappa shape index (κ2) is 10.3. The van der Waals surface area contributed by atoms with Gasteiger partial charge in [-0.1, -0.05) is 30.3 Å². The minimum absolute atomic E-state index is 0.0180. The number of hydrogen-bond donors (Lipinski definition) is 3. The normalized spacial score (nSPS) is 16.7. The quantitative estimate of drug-likeness (QED) is 0.625. The molecule has 4 N–H and O–H groups in total. The highest BCUT2D eigenvalue weighted by atomic mass is 16.3. The molecule has 0 unspecified atom stereocenters. The average Bonchev–Trinajstić information content (AvgIpc) is 2.79. The first-order chi connectivity index (χ1) is 14.5. The molecule has 0 aromatic heterocycles. The van der Waals surface area contributed by atoms with Crippen molar-refractivity contribution in [2.75, 3.05) is 39.8 Å². The maximum absolute atomic E-state index is 12.7. The number of benzene rings is 2. The van der Waals surface area contributed by atoms with Crippen LogP contribution in [0.4, 0.5) is 0 Å². The van der Waals surface area contributed by atoms with Crippen LogP contribution >= 0.6 is 0 Å². The summed E-state index contributed by atoms with van der Waals surface area (Å²) < 4.78 is 0. The highest BCUT2D eigenvalue weighted by molar-refractivity contribution is 5.98. The van der Waals surface area contributed by atoms with Gasteiger partial charge in [0.15, 0.2) is 0 Å². The van der Waals surface area contributed by atoms with E-state index in [9.17, 15) is 14.7 Å². The van der Waals surface area contributed by atoms with Gasteiger partial charge in [0.05, 0.1) is 12.1 Å². The molecule has 1 heterocycles. The Balaban J connectivity index is 1.64. The van der Waals surface area contributed by atoms with E-state index in [-0.39, 0.29) is 18.4 Å². The number of nitrogens with one attached hydrogen (secondary N) is 1. The molecular formula is C23H30N4O3. The highest BCUT2D eigenvalue weighted by Crippen LogP contribution is 2.12. The van der Waals surface area contributed by atoms with Crippen LogP contribution in [0.1, 0.15) is 26.3 Å². The van der Waals surface area contributed by atoms with Crippen molar-refractivity contribution in [2.24, 2.45) is 5.73 Å². The Morgan fingerprint density at radius 3 is 2.20 bits per heavy atom. The summed E-state index contributed by atoms with van der Waals surface area (Å²) in [6, 6.07) is 15.8. The molecule has 2 aromatic rings. The summed E-state index contributed by atoms with van der Waals surface area (Å²) in [6.07, 6.45) is -0.377. The first-order valence-electron chi connectivity index (χ1n) is 10.3. The molecule has 0 saturated carbocycles. The molecule has 2 amide bonds. The largest absolute Gasteiger partial charge is 0.390 e. The maximum Gasteiger partial charge on any atom is 0.253 e. The van der Waals surface area contributed by atoms with Gasteiger partial charge in [0.1, 0.15) is 0 Å². The fourth-order valence-corrected chi connectivity index (χ4v) is 3.52. The third kappa shape index (κ3) is 5.66. The monoisotopic (exact) mass is 410 g/mol. The van der Waals surface area contributed by atoms with Crippen molar-refractivity contribution in [2.45, 2.75) is 18.6 Å². The molecule has 1 aliphatic rings. The van der Waals surface area contributed by atoms with Crippen LogP contribution in [-0.2, 0) is 6.42 Å². The van der Waals surface area contributed by atoms with Crippen molar-refractivity contribution in [3.05, 3.63) is 71.3 Å². The van der Waals surface area contributed by atoms with Crippen LogP contribution in [0.3, 0.4) is 0 Å². The van der Waals surface area contributed by atoms with Crippen LogP contribution in [0.15, 0.2) is 54.6 Å². The lowest BCUT2D eigenvalue weighted by atomic mass is 10.0. The van der Waals surface area contributed by atoms with Crippen LogP contribution in [0.2, 0.25) is 0 Å². The van der Waals surface area contributed by atoms with E-state index < -0.39 is 12.1 Å². The zero-order chi connectivity index (χ0) is 21.5. The van der Waals surface area contributed by atoms with E-state index in [1.54, 1.807) is 24.3 Å². The highest BCUT2D eigenvalue weighted by Gasteiger charge is 2.23. The summed E-state index contributed by atoms with van der Waals surface area (Å²) in [7, 11) is 2.04. The lowest BCUT2D eigenvalue weighted by Gasteiger charge is -2.32. The zero-order valence-electron chi connectivity index (χ0n) is 17.3. The predicted molar refractivity (Wildman–Crippen MR) is 116 cm³/mol. The van der Waals surface area contributed by atoms with Crippen molar-refractivity contribution in [3.8, 4) is 0 Å². The Morgan fingerprint density at radius 2 is 1.60 bits per heavy atom. The van der Waals surface area contributed by atoms with Gasteiger partial charge in [-0.3, -0.25) is 9.59 Å². The standard InChI is InChI=1S/C23H30N4O3/c1-26-11-13-27(14-12-26)23(30)19-9-7-18(8-10-19)22(29)25-20(21(28)16-24)15-17-5-3-2-4-6-17/h2-10,20-21,28H,11-16,24H2,1H3,(H,25,29)/t20-,21+/m0/s1. The van der Waals surface area contributed by atoms with E-state index in [0.717, 1.165) is 18.7 Å². The number of piperazine rings is 1. The van der Waals surface area contributed by atoms with E-state index in [2.05, 4.69) is 10.2 Å². The van der Waals surface area contributed by atoms with E-state index in [1.165, 1.54) is 0 Å². The molecule has 2 aromatic carbocycles. The molecule has 1 fully saturated rings. The number of amides is 2. The van der Waals surface area contributed by atoms with Crippen molar-refractivity contribution in [3.63, 3.8) is 0 Å². The van der Waals surface area contributed by atoms with Gasteiger partial charge in [-0.2, -0.15) is 0 Å². The number of rotatable bonds is 7. The lowest BCUT2D eigenvalue weighted by Crippen LogP contribution is -2.48. The number of nitrogens with two attached hydrogens (primary N) is 1. The zero-order valence-corrected chi connectivity index (χ0v) is 17.3. The number of aliphatic hydroxyl groups excluding tert-OH is 1. The summed E-state index contributed by atoms with van der Waals surface area (Å²) in [5.41, 5.74) is 7.64. The van der Waals surface area contributed by atoms with E-state index >= 15 is 0 Å². The number of nitrogens with zero attached hydrogens (tertiary/aromatic N) is 2. The fraction of sp³-hybridized carbons (Fsp3) is 0.391. The second-order valence-corrected chi connectivity index (χ2v) is 7.75. The number of hydrogen-bond acceptors (Lipinski definition) is 5. The fourth-order valence-electron chi connectivity index (χ4n) is 3.52. The number of likely N-dealkylation sites (N-methyl/N-ethyl adjacent to an activating group) is 1. The van der Waals surface area contributed by atoms with Crippen LogP contribution < -0.4 is 11.1 Å². The van der Waals surface area contributed by atoms with Crippen LogP contribution in [0.5, 0.6) is 0 Å². The van der Waals surface area contributed by atoms with Gasteiger partial charge in [0, 0.05) is 43.9 Å². The molecule has 0 spiro atoms. The number of carbonyl (C=O) groups excluding carboxylic acids is 2. The van der Waals surface area contributed by atoms with E-state index in [4.69, 9.17) is 5.73 Å². The first kappa shape index (κ1) is 22.0. The third-order valence-electron chi connectivity index (χ3n) is 5.51. The van der Waals surface area contributed by atoms with Gasteiger partial charge in [-0.25, -0.2) is 0 Å². The minimum atomic E-state index is -0.854. The first-order valence-corrected chi connectivity index (χ1v) is 10.3.